The second kappa shape index (κ2) is 7.79. The Morgan fingerprint density at radius 3 is 2.57 bits per heavy atom. The third-order valence-electron chi connectivity index (χ3n) is 2.57. The number of nitrogens with one attached hydrogen (secondary N) is 1. The van der Waals surface area contributed by atoms with Crippen molar-refractivity contribution in [2.75, 3.05) is 19.8 Å². The van der Waals surface area contributed by atoms with Gasteiger partial charge < -0.3 is 10.5 Å². The van der Waals surface area contributed by atoms with E-state index in [9.17, 15) is 17.2 Å². The molecule has 8 heteroatoms. The lowest BCUT2D eigenvalue weighted by atomic mass is 10.2. The van der Waals surface area contributed by atoms with Gasteiger partial charge in [0.25, 0.3) is 0 Å². The summed E-state index contributed by atoms with van der Waals surface area (Å²) in [6, 6.07) is 1.90. The molecule has 0 saturated carbocycles. The molecule has 0 aliphatic rings. The van der Waals surface area contributed by atoms with Crippen LogP contribution in [0.3, 0.4) is 0 Å². The van der Waals surface area contributed by atoms with Gasteiger partial charge in [0.1, 0.15) is 4.90 Å². The topological polar surface area (TPSA) is 81.4 Å². The molecule has 0 spiro atoms. The van der Waals surface area contributed by atoms with Crippen LogP contribution in [0, 0.1) is 17.6 Å². The summed E-state index contributed by atoms with van der Waals surface area (Å²) in [5.74, 6) is -2.33. The Hall–Kier alpha value is -1.09. The number of hydrogen-bond acceptors (Lipinski definition) is 4. The molecule has 0 amide bonds. The molecule has 120 valence electrons. The maximum absolute atomic E-state index is 13.6. The van der Waals surface area contributed by atoms with E-state index in [2.05, 4.69) is 4.72 Å². The molecule has 0 aromatic heterocycles. The third kappa shape index (κ3) is 5.31. The SMILES string of the molecule is CC(C)COCCNS(=O)(=O)c1cc(CN)cc(F)c1F. The number of hydrogen-bond donors (Lipinski definition) is 2. The van der Waals surface area contributed by atoms with Gasteiger partial charge in [0.2, 0.25) is 10.0 Å². The van der Waals surface area contributed by atoms with Gasteiger partial charge in [-0.3, -0.25) is 0 Å². The van der Waals surface area contributed by atoms with Crippen LogP contribution >= 0.6 is 0 Å². The van der Waals surface area contributed by atoms with Gasteiger partial charge in [-0.15, -0.1) is 0 Å². The first-order chi connectivity index (χ1) is 9.77. The van der Waals surface area contributed by atoms with E-state index in [0.717, 1.165) is 12.1 Å². The average molecular weight is 322 g/mol. The van der Waals surface area contributed by atoms with Crippen LogP contribution < -0.4 is 10.5 Å². The van der Waals surface area contributed by atoms with Crippen LogP contribution in [-0.2, 0) is 21.3 Å². The lowest BCUT2D eigenvalue weighted by Crippen LogP contribution is -2.29. The normalized spacial score (nSPS) is 12.1. The van der Waals surface area contributed by atoms with Gasteiger partial charge in [0.05, 0.1) is 6.61 Å². The molecule has 0 saturated heterocycles. The van der Waals surface area contributed by atoms with E-state index in [-0.39, 0.29) is 25.3 Å². The fraction of sp³-hybridized carbons (Fsp3) is 0.538. The van der Waals surface area contributed by atoms with Gasteiger partial charge in [-0.1, -0.05) is 13.8 Å². The fourth-order valence-corrected chi connectivity index (χ4v) is 2.72. The smallest absolute Gasteiger partial charge is 0.243 e. The molecular formula is C13H20F2N2O3S. The minimum Gasteiger partial charge on any atom is -0.380 e. The summed E-state index contributed by atoms with van der Waals surface area (Å²) in [5.41, 5.74) is 5.52. The summed E-state index contributed by atoms with van der Waals surface area (Å²) < 4.78 is 58.3. The Bertz CT molecular complexity index is 577. The monoisotopic (exact) mass is 322 g/mol. The van der Waals surface area contributed by atoms with Crippen LogP contribution in [0.15, 0.2) is 17.0 Å². The highest BCUT2D eigenvalue weighted by atomic mass is 32.2. The molecule has 0 atom stereocenters. The summed E-state index contributed by atoms with van der Waals surface area (Å²) >= 11 is 0. The summed E-state index contributed by atoms with van der Waals surface area (Å²) in [4.78, 5) is -0.744. The minimum absolute atomic E-state index is 0.0248. The predicted octanol–water partition coefficient (Wildman–Crippen LogP) is 1.37. The molecule has 0 aliphatic heterocycles. The van der Waals surface area contributed by atoms with Gasteiger partial charge in [-0.2, -0.15) is 0 Å². The van der Waals surface area contributed by atoms with Crippen molar-refractivity contribution in [1.29, 1.82) is 0 Å². The largest absolute Gasteiger partial charge is 0.380 e. The third-order valence-corrected chi connectivity index (χ3v) is 4.03. The van der Waals surface area contributed by atoms with Crippen LogP contribution in [0.1, 0.15) is 19.4 Å². The van der Waals surface area contributed by atoms with Gasteiger partial charge in [-0.25, -0.2) is 21.9 Å². The molecule has 0 bridgehead atoms. The molecule has 1 aromatic carbocycles. The van der Waals surface area contributed by atoms with Crippen molar-refractivity contribution < 1.29 is 21.9 Å². The number of rotatable bonds is 8. The van der Waals surface area contributed by atoms with Gasteiger partial charge in [0, 0.05) is 19.7 Å². The summed E-state index contributed by atoms with van der Waals surface area (Å²) in [7, 11) is -4.15. The van der Waals surface area contributed by atoms with Crippen LogP contribution in [0.25, 0.3) is 0 Å². The first kappa shape index (κ1) is 18.0. The highest BCUT2D eigenvalue weighted by Gasteiger charge is 2.22. The molecule has 3 N–H and O–H groups in total. The molecular weight excluding hydrogens is 302 g/mol. The van der Waals surface area contributed by atoms with Crippen LogP contribution in [-0.4, -0.2) is 28.2 Å². The Morgan fingerprint density at radius 1 is 1.33 bits per heavy atom. The lowest BCUT2D eigenvalue weighted by molar-refractivity contribution is 0.114. The summed E-state index contributed by atoms with van der Waals surface area (Å²) in [6.07, 6.45) is 0. The second-order valence-corrected chi connectivity index (χ2v) is 6.70. The quantitative estimate of drug-likeness (QED) is 0.708. The summed E-state index contributed by atoms with van der Waals surface area (Å²) in [6.45, 7) is 4.45. The number of halogens is 2. The molecule has 0 heterocycles. The van der Waals surface area contributed by atoms with Gasteiger partial charge >= 0.3 is 0 Å². The van der Waals surface area contributed by atoms with E-state index in [4.69, 9.17) is 10.5 Å². The van der Waals surface area contributed by atoms with E-state index in [1.807, 2.05) is 13.8 Å². The predicted molar refractivity (Wildman–Crippen MR) is 75.1 cm³/mol. The highest BCUT2D eigenvalue weighted by molar-refractivity contribution is 7.89. The first-order valence-electron chi connectivity index (χ1n) is 6.53. The molecule has 0 radical (unpaired) electrons. The van der Waals surface area contributed by atoms with Crippen molar-refractivity contribution in [1.82, 2.24) is 4.72 Å². The highest BCUT2D eigenvalue weighted by Crippen LogP contribution is 2.19. The van der Waals surface area contributed by atoms with Crippen molar-refractivity contribution in [2.24, 2.45) is 11.7 Å². The molecule has 1 aromatic rings. The number of nitrogens with two attached hydrogens (primary N) is 1. The second-order valence-electron chi connectivity index (χ2n) is 4.96. The summed E-state index contributed by atoms with van der Waals surface area (Å²) in [5, 5.41) is 0. The van der Waals surface area contributed by atoms with Crippen molar-refractivity contribution >= 4 is 10.0 Å². The molecule has 0 fully saturated rings. The number of benzene rings is 1. The lowest BCUT2D eigenvalue weighted by Gasteiger charge is -2.11. The zero-order valence-corrected chi connectivity index (χ0v) is 12.8. The maximum Gasteiger partial charge on any atom is 0.243 e. The zero-order chi connectivity index (χ0) is 16.0. The van der Waals surface area contributed by atoms with Crippen LogP contribution in [0.5, 0.6) is 0 Å². The van der Waals surface area contributed by atoms with Crippen LogP contribution in [0.2, 0.25) is 0 Å². The van der Waals surface area contributed by atoms with Gasteiger partial charge in [-0.05, 0) is 23.6 Å². The van der Waals surface area contributed by atoms with Crippen molar-refractivity contribution in [2.45, 2.75) is 25.3 Å². The fourth-order valence-electron chi connectivity index (χ4n) is 1.58. The maximum atomic E-state index is 13.6. The molecule has 0 unspecified atom stereocenters. The van der Waals surface area contributed by atoms with E-state index < -0.39 is 26.6 Å². The van der Waals surface area contributed by atoms with Gasteiger partial charge in [0.15, 0.2) is 11.6 Å². The first-order valence-corrected chi connectivity index (χ1v) is 8.01. The Morgan fingerprint density at radius 2 is 2.00 bits per heavy atom. The van der Waals surface area contributed by atoms with E-state index >= 15 is 0 Å². The van der Waals surface area contributed by atoms with Crippen LogP contribution in [0.4, 0.5) is 8.78 Å². The zero-order valence-electron chi connectivity index (χ0n) is 12.0. The van der Waals surface area contributed by atoms with Crippen molar-refractivity contribution in [3.05, 3.63) is 29.3 Å². The van der Waals surface area contributed by atoms with E-state index in [0.29, 0.717) is 12.5 Å². The standard InChI is InChI=1S/C13H20F2N2O3S/c1-9(2)8-20-4-3-17-21(18,19)12-6-10(7-16)5-11(14)13(12)15/h5-6,9,17H,3-4,7-8,16H2,1-2H3. The molecule has 21 heavy (non-hydrogen) atoms. The average Bonchev–Trinajstić information content (AvgIpc) is 2.40. The Kier molecular flexibility index (Phi) is 6.66. The number of sulfonamides is 1. The Balaban J connectivity index is 2.76. The molecule has 1 rings (SSSR count). The minimum atomic E-state index is -4.15. The Labute approximate surface area is 123 Å². The van der Waals surface area contributed by atoms with E-state index in [1.54, 1.807) is 0 Å². The van der Waals surface area contributed by atoms with E-state index in [1.165, 1.54) is 0 Å². The van der Waals surface area contributed by atoms with Crippen molar-refractivity contribution in [3.8, 4) is 0 Å². The van der Waals surface area contributed by atoms with Crippen molar-refractivity contribution in [3.63, 3.8) is 0 Å². The molecule has 0 aliphatic carbocycles. The molecule has 5 nitrogen and oxygen atoms in total. The number of ether oxygens (including phenoxy) is 1.